The van der Waals surface area contributed by atoms with Crippen molar-refractivity contribution < 1.29 is 9.53 Å². The Hall–Kier alpha value is -2.33. The van der Waals surface area contributed by atoms with E-state index in [0.717, 1.165) is 49.2 Å². The molecule has 4 rings (SSSR count). The van der Waals surface area contributed by atoms with E-state index in [1.807, 2.05) is 48.5 Å². The number of hydrogen-bond donors (Lipinski definition) is 1. The van der Waals surface area contributed by atoms with Crippen LogP contribution in [0.4, 0.5) is 0 Å². The van der Waals surface area contributed by atoms with E-state index in [1.165, 1.54) is 0 Å². The van der Waals surface area contributed by atoms with E-state index >= 15 is 0 Å². The Labute approximate surface area is 167 Å². The molecule has 0 bridgehead atoms. The first kappa shape index (κ1) is 19.0. The molecule has 2 aromatic carbocycles. The van der Waals surface area contributed by atoms with Gasteiger partial charge < -0.3 is 15.0 Å². The Morgan fingerprint density at radius 2 is 1.79 bits per heavy atom. The minimum atomic E-state index is -0.176. The van der Waals surface area contributed by atoms with Crippen molar-refractivity contribution in [2.24, 2.45) is 0 Å². The average molecular weight is 379 g/mol. The Morgan fingerprint density at radius 3 is 2.50 bits per heavy atom. The summed E-state index contributed by atoms with van der Waals surface area (Å²) in [5.74, 6) is 0.999. The molecule has 1 atom stereocenters. The molecule has 2 heterocycles. The summed E-state index contributed by atoms with van der Waals surface area (Å²) in [5, 5.41) is 3.30. The second-order valence-electron chi connectivity index (χ2n) is 8.44. The van der Waals surface area contributed by atoms with E-state index in [9.17, 15) is 4.79 Å². The van der Waals surface area contributed by atoms with Crippen LogP contribution in [0.25, 0.3) is 0 Å². The van der Waals surface area contributed by atoms with Gasteiger partial charge in [0.05, 0.1) is 12.5 Å². The molecule has 2 aliphatic heterocycles. The summed E-state index contributed by atoms with van der Waals surface area (Å²) in [6.45, 7) is 6.60. The van der Waals surface area contributed by atoms with Crippen LogP contribution in [-0.4, -0.2) is 35.5 Å². The number of ether oxygens (including phenoxy) is 1. The van der Waals surface area contributed by atoms with Crippen LogP contribution in [0.5, 0.6) is 5.75 Å². The second kappa shape index (κ2) is 7.96. The minimum absolute atomic E-state index is 0.00626. The third kappa shape index (κ3) is 4.07. The zero-order valence-electron chi connectivity index (χ0n) is 16.9. The van der Waals surface area contributed by atoms with Gasteiger partial charge in [0.15, 0.2) is 0 Å². The number of likely N-dealkylation sites (tertiary alicyclic amines) is 1. The molecule has 1 fully saturated rings. The molecule has 28 heavy (non-hydrogen) atoms. The van der Waals surface area contributed by atoms with Crippen molar-refractivity contribution in [3.63, 3.8) is 0 Å². The second-order valence-corrected chi connectivity index (χ2v) is 8.44. The summed E-state index contributed by atoms with van der Waals surface area (Å²) in [6, 6.07) is 18.7. The van der Waals surface area contributed by atoms with Crippen LogP contribution in [-0.2, 0) is 11.2 Å². The van der Waals surface area contributed by atoms with E-state index in [0.29, 0.717) is 12.5 Å². The van der Waals surface area contributed by atoms with Gasteiger partial charge in [-0.1, -0.05) is 48.5 Å². The molecule has 2 aromatic rings. The van der Waals surface area contributed by atoms with Crippen molar-refractivity contribution in [1.29, 1.82) is 0 Å². The van der Waals surface area contributed by atoms with Crippen molar-refractivity contribution >= 4 is 5.91 Å². The first-order chi connectivity index (χ1) is 13.5. The quantitative estimate of drug-likeness (QED) is 0.870. The van der Waals surface area contributed by atoms with E-state index in [-0.39, 0.29) is 17.6 Å². The van der Waals surface area contributed by atoms with Crippen molar-refractivity contribution in [2.45, 2.75) is 57.2 Å². The normalized spacial score (nSPS) is 21.2. The number of rotatable bonds is 4. The van der Waals surface area contributed by atoms with E-state index in [4.69, 9.17) is 4.74 Å². The standard InChI is InChI=1S/C24H30N2O2/c1-18(2)26-14-12-24(13-15-26)17-21(20-10-6-7-11-22(20)28-24)25-23(27)16-19-8-4-3-5-9-19/h3-11,18,21H,12-17H2,1-2H3,(H,25,27). The third-order valence-electron chi connectivity index (χ3n) is 6.18. The Kier molecular flexibility index (Phi) is 5.40. The smallest absolute Gasteiger partial charge is 0.224 e. The van der Waals surface area contributed by atoms with Gasteiger partial charge >= 0.3 is 0 Å². The molecular formula is C24H30N2O2. The number of carbonyl (C=O) groups is 1. The van der Waals surface area contributed by atoms with Gasteiger partial charge in [-0.25, -0.2) is 0 Å². The number of amides is 1. The van der Waals surface area contributed by atoms with Crippen LogP contribution in [0.15, 0.2) is 54.6 Å². The fraction of sp³-hybridized carbons (Fsp3) is 0.458. The van der Waals surface area contributed by atoms with Gasteiger partial charge in [-0.05, 0) is 38.3 Å². The molecule has 0 radical (unpaired) electrons. The number of hydrogen-bond acceptors (Lipinski definition) is 3. The number of piperidine rings is 1. The SMILES string of the molecule is CC(C)N1CCC2(CC1)CC(NC(=O)Cc1ccccc1)c1ccccc1O2. The van der Waals surface area contributed by atoms with Crippen molar-refractivity contribution in [2.75, 3.05) is 13.1 Å². The molecule has 1 spiro atoms. The van der Waals surface area contributed by atoms with Gasteiger partial charge in [-0.15, -0.1) is 0 Å². The number of benzene rings is 2. The Balaban J connectivity index is 1.50. The molecule has 0 saturated carbocycles. The van der Waals surface area contributed by atoms with E-state index in [1.54, 1.807) is 0 Å². The molecule has 1 N–H and O–H groups in total. The Bertz CT molecular complexity index is 810. The van der Waals surface area contributed by atoms with Crippen LogP contribution in [0.1, 0.15) is 50.3 Å². The third-order valence-corrected chi connectivity index (χ3v) is 6.18. The lowest BCUT2D eigenvalue weighted by Gasteiger charge is -2.47. The average Bonchev–Trinajstić information content (AvgIpc) is 2.69. The highest BCUT2D eigenvalue weighted by Gasteiger charge is 2.43. The summed E-state index contributed by atoms with van der Waals surface area (Å²) in [5.41, 5.74) is 1.96. The van der Waals surface area contributed by atoms with Crippen LogP contribution in [0.3, 0.4) is 0 Å². The number of nitrogens with zero attached hydrogens (tertiary/aromatic N) is 1. The van der Waals surface area contributed by atoms with Crippen LogP contribution >= 0.6 is 0 Å². The highest BCUT2D eigenvalue weighted by Crippen LogP contribution is 2.44. The predicted molar refractivity (Wildman–Crippen MR) is 111 cm³/mol. The first-order valence-electron chi connectivity index (χ1n) is 10.4. The highest BCUT2D eigenvalue weighted by molar-refractivity contribution is 5.79. The van der Waals surface area contributed by atoms with Crippen molar-refractivity contribution in [1.82, 2.24) is 10.2 Å². The largest absolute Gasteiger partial charge is 0.487 e. The summed E-state index contributed by atoms with van der Waals surface area (Å²) < 4.78 is 6.54. The summed E-state index contributed by atoms with van der Waals surface area (Å²) in [4.78, 5) is 15.3. The first-order valence-corrected chi connectivity index (χ1v) is 10.4. The number of fused-ring (bicyclic) bond motifs is 1. The lowest BCUT2D eigenvalue weighted by Crippen LogP contribution is -2.53. The molecule has 1 amide bonds. The van der Waals surface area contributed by atoms with Crippen LogP contribution < -0.4 is 10.1 Å². The Morgan fingerprint density at radius 1 is 1.11 bits per heavy atom. The summed E-state index contributed by atoms with van der Waals surface area (Å²) in [6.07, 6.45) is 3.26. The molecule has 1 saturated heterocycles. The van der Waals surface area contributed by atoms with E-state index < -0.39 is 0 Å². The van der Waals surface area contributed by atoms with Crippen LogP contribution in [0, 0.1) is 0 Å². The maximum atomic E-state index is 12.7. The molecule has 4 heteroatoms. The zero-order valence-corrected chi connectivity index (χ0v) is 16.9. The van der Waals surface area contributed by atoms with Crippen LogP contribution in [0.2, 0.25) is 0 Å². The number of nitrogens with one attached hydrogen (secondary N) is 1. The lowest BCUT2D eigenvalue weighted by molar-refractivity contribution is -0.122. The topological polar surface area (TPSA) is 41.6 Å². The predicted octanol–water partition coefficient (Wildman–Crippen LogP) is 4.11. The van der Waals surface area contributed by atoms with E-state index in [2.05, 4.69) is 30.1 Å². The van der Waals surface area contributed by atoms with Gasteiger partial charge in [-0.2, -0.15) is 0 Å². The molecule has 4 nitrogen and oxygen atoms in total. The molecular weight excluding hydrogens is 348 g/mol. The molecule has 1 unspecified atom stereocenters. The van der Waals surface area contributed by atoms with Gasteiger partial charge in [0, 0.05) is 31.1 Å². The minimum Gasteiger partial charge on any atom is -0.487 e. The fourth-order valence-corrected chi connectivity index (χ4v) is 4.53. The maximum absolute atomic E-state index is 12.7. The summed E-state index contributed by atoms with van der Waals surface area (Å²) in [7, 11) is 0. The molecule has 2 aliphatic rings. The van der Waals surface area contributed by atoms with Gasteiger partial charge in [0.25, 0.3) is 0 Å². The van der Waals surface area contributed by atoms with Crippen molar-refractivity contribution in [3.05, 3.63) is 65.7 Å². The molecule has 0 aliphatic carbocycles. The van der Waals surface area contributed by atoms with Gasteiger partial charge in [0.1, 0.15) is 11.4 Å². The molecule has 0 aromatic heterocycles. The fourth-order valence-electron chi connectivity index (χ4n) is 4.53. The van der Waals surface area contributed by atoms with Crippen molar-refractivity contribution in [3.8, 4) is 5.75 Å². The lowest BCUT2D eigenvalue weighted by atomic mass is 9.80. The highest BCUT2D eigenvalue weighted by atomic mass is 16.5. The number of para-hydroxylation sites is 1. The van der Waals surface area contributed by atoms with Gasteiger partial charge in [0.2, 0.25) is 5.91 Å². The monoisotopic (exact) mass is 378 g/mol. The molecule has 148 valence electrons. The summed E-state index contributed by atoms with van der Waals surface area (Å²) >= 11 is 0. The number of carbonyl (C=O) groups excluding carboxylic acids is 1. The zero-order chi connectivity index (χ0) is 19.6. The maximum Gasteiger partial charge on any atom is 0.224 e. The van der Waals surface area contributed by atoms with Gasteiger partial charge in [-0.3, -0.25) is 4.79 Å².